The molecule has 180 valence electrons. The number of piperidine rings is 1. The molecule has 1 heterocycles. The molecule has 0 saturated carbocycles. The Morgan fingerprint density at radius 1 is 1.09 bits per heavy atom. The van der Waals surface area contributed by atoms with Gasteiger partial charge in [-0.05, 0) is 48.4 Å². The summed E-state index contributed by atoms with van der Waals surface area (Å²) in [6, 6.07) is 15.0. The number of hydrogen-bond acceptors (Lipinski definition) is 5. The number of nitrogens with zero attached hydrogens (tertiary/aromatic N) is 1. The van der Waals surface area contributed by atoms with Crippen molar-refractivity contribution in [2.45, 2.75) is 43.7 Å². The van der Waals surface area contributed by atoms with Gasteiger partial charge in [-0.2, -0.15) is 0 Å². The van der Waals surface area contributed by atoms with Gasteiger partial charge in [0.1, 0.15) is 18.2 Å². The molecule has 2 aromatic rings. The van der Waals surface area contributed by atoms with Gasteiger partial charge in [0.2, 0.25) is 5.91 Å². The van der Waals surface area contributed by atoms with Gasteiger partial charge in [0.15, 0.2) is 0 Å². The number of hydrogen-bond donors (Lipinski definition) is 2. The number of ether oxygens (including phenoxy) is 2. The molecular weight excluding hydrogens is 436 g/mol. The molecule has 0 spiro atoms. The molecule has 1 saturated heterocycles. The SMILES string of the molecule is COCC(NC(=O)OCC1c2ccccc2-c2ccccc21)C(=O)N1CCCCC1(C)C(=O)O. The second-order valence-electron chi connectivity index (χ2n) is 9.00. The molecule has 8 heteroatoms. The van der Waals surface area contributed by atoms with Crippen molar-refractivity contribution in [1.82, 2.24) is 10.2 Å². The Morgan fingerprint density at radius 2 is 1.71 bits per heavy atom. The van der Waals surface area contributed by atoms with Crippen LogP contribution < -0.4 is 5.32 Å². The Balaban J connectivity index is 1.45. The number of rotatable bonds is 7. The van der Waals surface area contributed by atoms with Crippen LogP contribution in [0, 0.1) is 0 Å². The van der Waals surface area contributed by atoms with Gasteiger partial charge in [0.25, 0.3) is 0 Å². The van der Waals surface area contributed by atoms with Crippen LogP contribution in [-0.2, 0) is 19.1 Å². The van der Waals surface area contributed by atoms with Crippen molar-refractivity contribution < 1.29 is 29.0 Å². The molecule has 1 aliphatic heterocycles. The summed E-state index contributed by atoms with van der Waals surface area (Å²) in [5.74, 6) is -1.65. The molecule has 2 aliphatic rings. The summed E-state index contributed by atoms with van der Waals surface area (Å²) in [5.41, 5.74) is 3.11. The quantitative estimate of drug-likeness (QED) is 0.648. The second-order valence-corrected chi connectivity index (χ2v) is 9.00. The summed E-state index contributed by atoms with van der Waals surface area (Å²) >= 11 is 0. The number of carbonyl (C=O) groups excluding carboxylic acids is 2. The third kappa shape index (κ3) is 4.37. The fourth-order valence-corrected chi connectivity index (χ4v) is 5.01. The highest BCUT2D eigenvalue weighted by Crippen LogP contribution is 2.44. The molecule has 8 nitrogen and oxygen atoms in total. The van der Waals surface area contributed by atoms with Crippen LogP contribution in [-0.4, -0.2) is 66.4 Å². The number of carbonyl (C=O) groups is 3. The molecule has 34 heavy (non-hydrogen) atoms. The third-order valence-electron chi connectivity index (χ3n) is 6.88. The smallest absolute Gasteiger partial charge is 0.407 e. The lowest BCUT2D eigenvalue weighted by atomic mass is 9.88. The lowest BCUT2D eigenvalue weighted by Gasteiger charge is -2.43. The summed E-state index contributed by atoms with van der Waals surface area (Å²) in [7, 11) is 1.42. The molecule has 0 radical (unpaired) electrons. The van der Waals surface area contributed by atoms with Crippen molar-refractivity contribution in [3.63, 3.8) is 0 Å². The van der Waals surface area contributed by atoms with Crippen molar-refractivity contribution in [3.05, 3.63) is 59.7 Å². The molecule has 2 atom stereocenters. The van der Waals surface area contributed by atoms with Crippen LogP contribution in [0.5, 0.6) is 0 Å². The van der Waals surface area contributed by atoms with Gasteiger partial charge in [-0.1, -0.05) is 48.5 Å². The largest absolute Gasteiger partial charge is 0.480 e. The van der Waals surface area contributed by atoms with Crippen LogP contribution in [0.25, 0.3) is 11.1 Å². The van der Waals surface area contributed by atoms with Gasteiger partial charge >= 0.3 is 12.1 Å². The molecule has 2 amide bonds. The van der Waals surface area contributed by atoms with E-state index < -0.39 is 29.6 Å². The van der Waals surface area contributed by atoms with Crippen molar-refractivity contribution in [3.8, 4) is 11.1 Å². The van der Waals surface area contributed by atoms with E-state index in [0.29, 0.717) is 19.4 Å². The minimum atomic E-state index is -1.32. The molecular formula is C26H30N2O6. The maximum atomic E-state index is 13.2. The van der Waals surface area contributed by atoms with E-state index in [9.17, 15) is 19.5 Å². The number of aliphatic carboxylic acids is 1. The summed E-state index contributed by atoms with van der Waals surface area (Å²) in [6.45, 7) is 1.89. The zero-order chi connectivity index (χ0) is 24.3. The van der Waals surface area contributed by atoms with Gasteiger partial charge in [-0.25, -0.2) is 9.59 Å². The molecule has 0 aromatic heterocycles. The summed E-state index contributed by atoms with van der Waals surface area (Å²) < 4.78 is 10.7. The van der Waals surface area contributed by atoms with E-state index in [-0.39, 0.29) is 19.1 Å². The van der Waals surface area contributed by atoms with Gasteiger partial charge in [-0.3, -0.25) is 4.79 Å². The Bertz CT molecular complexity index is 1040. The minimum absolute atomic E-state index is 0.0881. The molecule has 0 bridgehead atoms. The van der Waals surface area contributed by atoms with Crippen molar-refractivity contribution >= 4 is 18.0 Å². The van der Waals surface area contributed by atoms with Crippen LogP contribution in [0.15, 0.2) is 48.5 Å². The van der Waals surface area contributed by atoms with E-state index in [1.807, 2.05) is 36.4 Å². The molecule has 4 rings (SSSR count). The number of likely N-dealkylation sites (tertiary alicyclic amines) is 1. The number of nitrogens with one attached hydrogen (secondary N) is 1. The number of methoxy groups -OCH3 is 1. The maximum Gasteiger partial charge on any atom is 0.407 e. The summed E-state index contributed by atoms with van der Waals surface area (Å²) in [5, 5.41) is 12.3. The Kier molecular flexibility index (Phi) is 6.88. The van der Waals surface area contributed by atoms with Gasteiger partial charge in [-0.15, -0.1) is 0 Å². The van der Waals surface area contributed by atoms with Crippen molar-refractivity contribution in [1.29, 1.82) is 0 Å². The predicted octanol–water partition coefficient (Wildman–Crippen LogP) is 3.40. The zero-order valence-corrected chi connectivity index (χ0v) is 19.5. The molecule has 1 fully saturated rings. The first-order valence-electron chi connectivity index (χ1n) is 11.5. The fourth-order valence-electron chi connectivity index (χ4n) is 5.01. The number of fused-ring (bicyclic) bond motifs is 3. The minimum Gasteiger partial charge on any atom is -0.480 e. The normalized spacial score (nSPS) is 20.2. The molecule has 2 N–H and O–H groups in total. The number of carboxylic acids is 1. The van der Waals surface area contributed by atoms with E-state index in [1.165, 1.54) is 12.0 Å². The van der Waals surface area contributed by atoms with E-state index in [0.717, 1.165) is 28.7 Å². The topological polar surface area (TPSA) is 105 Å². The van der Waals surface area contributed by atoms with Crippen molar-refractivity contribution in [2.24, 2.45) is 0 Å². The summed E-state index contributed by atoms with van der Waals surface area (Å²) in [6.07, 6.45) is 1.05. The third-order valence-corrected chi connectivity index (χ3v) is 6.88. The average Bonchev–Trinajstić information content (AvgIpc) is 3.16. The van der Waals surface area contributed by atoms with Crippen LogP contribution >= 0.6 is 0 Å². The Labute approximate surface area is 198 Å². The fraction of sp³-hybridized carbons (Fsp3) is 0.423. The van der Waals surface area contributed by atoms with Crippen LogP contribution in [0.1, 0.15) is 43.2 Å². The molecule has 1 aliphatic carbocycles. The van der Waals surface area contributed by atoms with Gasteiger partial charge in [0.05, 0.1) is 6.61 Å². The number of alkyl carbamates (subject to hydrolysis) is 1. The highest BCUT2D eigenvalue weighted by atomic mass is 16.5. The van der Waals surface area contributed by atoms with Crippen LogP contribution in [0.2, 0.25) is 0 Å². The first kappa shape index (κ1) is 23.8. The van der Waals surface area contributed by atoms with E-state index >= 15 is 0 Å². The second kappa shape index (κ2) is 9.85. The Morgan fingerprint density at radius 3 is 2.29 bits per heavy atom. The number of carboxylic acid groups (broad SMARTS) is 1. The molecule has 2 unspecified atom stereocenters. The van der Waals surface area contributed by atoms with Crippen LogP contribution in [0.3, 0.4) is 0 Å². The van der Waals surface area contributed by atoms with Gasteiger partial charge < -0.3 is 24.8 Å². The molecule has 2 aromatic carbocycles. The zero-order valence-electron chi connectivity index (χ0n) is 19.5. The van der Waals surface area contributed by atoms with E-state index in [4.69, 9.17) is 9.47 Å². The lowest BCUT2D eigenvalue weighted by molar-refractivity contribution is -0.162. The monoisotopic (exact) mass is 466 g/mol. The highest BCUT2D eigenvalue weighted by molar-refractivity contribution is 5.91. The number of amides is 2. The predicted molar refractivity (Wildman–Crippen MR) is 125 cm³/mol. The van der Waals surface area contributed by atoms with E-state index in [2.05, 4.69) is 17.4 Å². The Hall–Kier alpha value is -3.39. The van der Waals surface area contributed by atoms with Gasteiger partial charge in [0, 0.05) is 19.6 Å². The standard InChI is InChI=1S/C26H30N2O6/c1-26(24(30)31)13-7-8-14-28(26)23(29)22(16-33-2)27-25(32)34-15-21-19-11-5-3-9-17(19)18-10-4-6-12-20(18)21/h3-6,9-12,21-22H,7-8,13-16H2,1-2H3,(H,27,32)(H,30,31). The van der Waals surface area contributed by atoms with Crippen LogP contribution in [0.4, 0.5) is 4.79 Å². The lowest BCUT2D eigenvalue weighted by Crippen LogP contribution is -2.62. The highest BCUT2D eigenvalue weighted by Gasteiger charge is 2.46. The summed E-state index contributed by atoms with van der Waals surface area (Å²) in [4.78, 5) is 39.2. The van der Waals surface area contributed by atoms with E-state index in [1.54, 1.807) is 6.92 Å². The number of benzene rings is 2. The average molecular weight is 467 g/mol. The van der Waals surface area contributed by atoms with Crippen molar-refractivity contribution in [2.75, 3.05) is 26.9 Å². The maximum absolute atomic E-state index is 13.2. The first-order chi connectivity index (χ1) is 16.4. The first-order valence-corrected chi connectivity index (χ1v) is 11.5.